The minimum absolute atomic E-state index is 0.0133. The first-order valence-electron chi connectivity index (χ1n) is 5.04. The van der Waals surface area contributed by atoms with Crippen LogP contribution < -0.4 is 0 Å². The van der Waals surface area contributed by atoms with E-state index in [9.17, 15) is 4.79 Å². The van der Waals surface area contributed by atoms with Crippen LogP contribution in [0.5, 0.6) is 0 Å². The summed E-state index contributed by atoms with van der Waals surface area (Å²) in [7, 11) is 0. The summed E-state index contributed by atoms with van der Waals surface area (Å²) in [6.45, 7) is 6.10. The molecule has 0 aliphatic rings. The smallest absolute Gasteiger partial charge is 0.312 e. The molecule has 3 nitrogen and oxygen atoms in total. The van der Waals surface area contributed by atoms with Crippen molar-refractivity contribution in [3.63, 3.8) is 0 Å². The average molecular weight is 207 g/mol. The Labute approximate surface area is 90.2 Å². The molecule has 0 bridgehead atoms. The standard InChI is InChI=1S/C12H17NO2/c1-12(2,3)8-9(11(14)15)10-6-4-5-7-13-10/h4-7,9H,8H2,1-3H3,(H,14,15). The van der Waals surface area contributed by atoms with E-state index < -0.39 is 11.9 Å². The van der Waals surface area contributed by atoms with Gasteiger partial charge >= 0.3 is 5.97 Å². The van der Waals surface area contributed by atoms with Crippen molar-refractivity contribution in [2.75, 3.05) is 0 Å². The Morgan fingerprint density at radius 3 is 2.53 bits per heavy atom. The van der Waals surface area contributed by atoms with Crippen LogP contribution in [0.3, 0.4) is 0 Å². The minimum Gasteiger partial charge on any atom is -0.481 e. The van der Waals surface area contributed by atoms with E-state index in [-0.39, 0.29) is 5.41 Å². The van der Waals surface area contributed by atoms with Crippen molar-refractivity contribution in [1.82, 2.24) is 4.98 Å². The topological polar surface area (TPSA) is 50.2 Å². The van der Waals surface area contributed by atoms with Crippen molar-refractivity contribution in [1.29, 1.82) is 0 Å². The number of pyridine rings is 1. The number of aliphatic carboxylic acids is 1. The van der Waals surface area contributed by atoms with Gasteiger partial charge in [0.05, 0.1) is 11.6 Å². The van der Waals surface area contributed by atoms with Crippen LogP contribution in [0.4, 0.5) is 0 Å². The van der Waals surface area contributed by atoms with Gasteiger partial charge in [-0.2, -0.15) is 0 Å². The second kappa shape index (κ2) is 4.43. The Bertz CT molecular complexity index is 327. The normalized spacial score (nSPS) is 13.5. The van der Waals surface area contributed by atoms with Gasteiger partial charge in [0.2, 0.25) is 0 Å². The number of carboxylic acids is 1. The highest BCUT2D eigenvalue weighted by Crippen LogP contribution is 2.30. The average Bonchev–Trinajstić information content (AvgIpc) is 2.14. The van der Waals surface area contributed by atoms with Gasteiger partial charge in [-0.25, -0.2) is 0 Å². The summed E-state index contributed by atoms with van der Waals surface area (Å²) < 4.78 is 0. The zero-order valence-electron chi connectivity index (χ0n) is 9.40. The SMILES string of the molecule is CC(C)(C)CC(C(=O)O)c1ccccn1. The van der Waals surface area contributed by atoms with Crippen LogP contribution in [0.1, 0.15) is 38.8 Å². The zero-order valence-corrected chi connectivity index (χ0v) is 9.40. The maximum absolute atomic E-state index is 11.1. The van der Waals surface area contributed by atoms with Crippen LogP contribution in [0, 0.1) is 5.41 Å². The summed E-state index contributed by atoms with van der Waals surface area (Å²) in [6, 6.07) is 5.38. The van der Waals surface area contributed by atoms with Crippen LogP contribution >= 0.6 is 0 Å². The summed E-state index contributed by atoms with van der Waals surface area (Å²) in [6.07, 6.45) is 2.23. The molecular weight excluding hydrogens is 190 g/mol. The predicted molar refractivity (Wildman–Crippen MR) is 58.7 cm³/mol. The zero-order chi connectivity index (χ0) is 11.5. The van der Waals surface area contributed by atoms with Gasteiger partial charge in [-0.1, -0.05) is 26.8 Å². The molecule has 1 N–H and O–H groups in total. The number of nitrogens with zero attached hydrogens (tertiary/aromatic N) is 1. The second-order valence-electron chi connectivity index (χ2n) is 4.91. The van der Waals surface area contributed by atoms with Crippen LogP contribution in [-0.2, 0) is 4.79 Å². The second-order valence-corrected chi connectivity index (χ2v) is 4.91. The lowest BCUT2D eigenvalue weighted by molar-refractivity contribution is -0.139. The first-order valence-corrected chi connectivity index (χ1v) is 5.04. The Hall–Kier alpha value is -1.38. The molecule has 15 heavy (non-hydrogen) atoms. The molecule has 0 amide bonds. The van der Waals surface area contributed by atoms with Gasteiger partial charge in [-0.3, -0.25) is 9.78 Å². The highest BCUT2D eigenvalue weighted by Gasteiger charge is 2.26. The van der Waals surface area contributed by atoms with Crippen LogP contribution in [0.15, 0.2) is 24.4 Å². The number of carbonyl (C=O) groups is 1. The van der Waals surface area contributed by atoms with Crippen molar-refractivity contribution in [3.05, 3.63) is 30.1 Å². The third-order valence-corrected chi connectivity index (χ3v) is 2.16. The highest BCUT2D eigenvalue weighted by atomic mass is 16.4. The Balaban J connectivity index is 2.90. The van der Waals surface area contributed by atoms with Crippen molar-refractivity contribution < 1.29 is 9.90 Å². The van der Waals surface area contributed by atoms with E-state index in [2.05, 4.69) is 4.98 Å². The molecule has 1 heterocycles. The molecular formula is C12H17NO2. The first kappa shape index (κ1) is 11.7. The van der Waals surface area contributed by atoms with Gasteiger partial charge in [0.15, 0.2) is 0 Å². The van der Waals surface area contributed by atoms with E-state index in [1.807, 2.05) is 26.8 Å². The fourth-order valence-electron chi connectivity index (χ4n) is 1.51. The molecule has 0 spiro atoms. The number of rotatable bonds is 3. The molecule has 1 aromatic heterocycles. The van der Waals surface area contributed by atoms with E-state index in [4.69, 9.17) is 5.11 Å². The molecule has 0 saturated heterocycles. The largest absolute Gasteiger partial charge is 0.481 e. The lowest BCUT2D eigenvalue weighted by atomic mass is 9.83. The number of hydrogen-bond acceptors (Lipinski definition) is 2. The minimum atomic E-state index is -0.802. The summed E-state index contributed by atoms with van der Waals surface area (Å²) in [4.78, 5) is 15.2. The number of hydrogen-bond donors (Lipinski definition) is 1. The van der Waals surface area contributed by atoms with Crippen molar-refractivity contribution >= 4 is 5.97 Å². The fraction of sp³-hybridized carbons (Fsp3) is 0.500. The van der Waals surface area contributed by atoms with Crippen molar-refractivity contribution in [3.8, 4) is 0 Å². The number of aromatic nitrogens is 1. The summed E-state index contributed by atoms with van der Waals surface area (Å²) in [5, 5.41) is 9.15. The van der Waals surface area contributed by atoms with Crippen LogP contribution in [0.25, 0.3) is 0 Å². The third-order valence-electron chi connectivity index (χ3n) is 2.16. The number of carboxylic acid groups (broad SMARTS) is 1. The highest BCUT2D eigenvalue weighted by molar-refractivity contribution is 5.75. The Morgan fingerprint density at radius 1 is 1.47 bits per heavy atom. The third kappa shape index (κ3) is 3.70. The quantitative estimate of drug-likeness (QED) is 0.829. The predicted octanol–water partition coefficient (Wildman–Crippen LogP) is 2.69. The molecule has 0 fully saturated rings. The van der Waals surface area contributed by atoms with Crippen LogP contribution in [-0.4, -0.2) is 16.1 Å². The van der Waals surface area contributed by atoms with Crippen molar-refractivity contribution in [2.24, 2.45) is 5.41 Å². The summed E-state index contributed by atoms with van der Waals surface area (Å²) >= 11 is 0. The molecule has 82 valence electrons. The Kier molecular flexibility index (Phi) is 3.45. The summed E-state index contributed by atoms with van der Waals surface area (Å²) in [5.74, 6) is -1.31. The molecule has 0 aliphatic carbocycles. The molecule has 1 rings (SSSR count). The molecule has 1 aromatic rings. The van der Waals surface area contributed by atoms with E-state index in [0.717, 1.165) is 0 Å². The van der Waals surface area contributed by atoms with E-state index in [1.165, 1.54) is 0 Å². The van der Waals surface area contributed by atoms with Gasteiger partial charge in [-0.15, -0.1) is 0 Å². The lowest BCUT2D eigenvalue weighted by Gasteiger charge is -2.22. The Morgan fingerprint density at radius 2 is 2.13 bits per heavy atom. The maximum atomic E-state index is 11.1. The molecule has 1 atom stereocenters. The monoisotopic (exact) mass is 207 g/mol. The molecule has 0 saturated carbocycles. The van der Waals surface area contributed by atoms with Crippen molar-refractivity contribution in [2.45, 2.75) is 33.1 Å². The maximum Gasteiger partial charge on any atom is 0.312 e. The lowest BCUT2D eigenvalue weighted by Crippen LogP contribution is -2.20. The summed E-state index contributed by atoms with van der Waals surface area (Å²) in [5.41, 5.74) is 0.626. The van der Waals surface area contributed by atoms with E-state index >= 15 is 0 Å². The molecule has 0 aliphatic heterocycles. The molecule has 0 radical (unpaired) electrons. The fourth-order valence-corrected chi connectivity index (χ4v) is 1.51. The van der Waals surface area contributed by atoms with Gasteiger partial charge in [0.1, 0.15) is 0 Å². The van der Waals surface area contributed by atoms with Crippen LogP contribution in [0.2, 0.25) is 0 Å². The van der Waals surface area contributed by atoms with E-state index in [0.29, 0.717) is 12.1 Å². The van der Waals surface area contributed by atoms with Gasteiger partial charge in [0.25, 0.3) is 0 Å². The molecule has 3 heteroatoms. The van der Waals surface area contributed by atoms with E-state index in [1.54, 1.807) is 18.3 Å². The first-order chi connectivity index (χ1) is 6.90. The van der Waals surface area contributed by atoms with Gasteiger partial charge in [0, 0.05) is 6.20 Å². The van der Waals surface area contributed by atoms with Gasteiger partial charge < -0.3 is 5.11 Å². The van der Waals surface area contributed by atoms with Gasteiger partial charge in [-0.05, 0) is 24.0 Å². The molecule has 1 unspecified atom stereocenters. The molecule has 0 aromatic carbocycles.